The molecule has 1 aromatic rings. The Labute approximate surface area is 141 Å². The number of ether oxygens (including phenoxy) is 1. The maximum atomic E-state index is 12.3. The van der Waals surface area contributed by atoms with Crippen LogP contribution in [0.5, 0.6) is 5.75 Å². The summed E-state index contributed by atoms with van der Waals surface area (Å²) in [6.07, 6.45) is 0.416. The van der Waals surface area contributed by atoms with E-state index < -0.39 is 6.10 Å². The predicted octanol–water partition coefficient (Wildman–Crippen LogP) is 3.00. The van der Waals surface area contributed by atoms with Crippen molar-refractivity contribution in [3.05, 3.63) is 28.2 Å². The number of hydrogen-bond donors (Lipinski definition) is 1. The SMILES string of the molecule is CC(Oc1ccc(Cl)c(Cl)c1)C(=O)N(C)C1CCNC1.Cl. The molecule has 0 spiro atoms. The molecule has 1 saturated heterocycles. The molecule has 0 aromatic heterocycles. The van der Waals surface area contributed by atoms with E-state index in [1.165, 1.54) is 0 Å². The van der Waals surface area contributed by atoms with Crippen molar-refractivity contribution in [2.24, 2.45) is 0 Å². The van der Waals surface area contributed by atoms with Gasteiger partial charge in [-0.25, -0.2) is 0 Å². The van der Waals surface area contributed by atoms with E-state index >= 15 is 0 Å². The van der Waals surface area contributed by atoms with Crippen molar-refractivity contribution in [2.75, 3.05) is 20.1 Å². The minimum Gasteiger partial charge on any atom is -0.481 e. The number of carbonyl (C=O) groups is 1. The van der Waals surface area contributed by atoms with Gasteiger partial charge in [0.05, 0.1) is 10.0 Å². The molecule has 1 N–H and O–H groups in total. The summed E-state index contributed by atoms with van der Waals surface area (Å²) >= 11 is 11.8. The van der Waals surface area contributed by atoms with Crippen LogP contribution >= 0.6 is 35.6 Å². The van der Waals surface area contributed by atoms with E-state index in [4.69, 9.17) is 27.9 Å². The van der Waals surface area contributed by atoms with Crippen molar-refractivity contribution in [3.63, 3.8) is 0 Å². The molecule has 0 aliphatic carbocycles. The van der Waals surface area contributed by atoms with Crippen LogP contribution in [0.25, 0.3) is 0 Å². The average molecular weight is 354 g/mol. The fourth-order valence-corrected chi connectivity index (χ4v) is 2.53. The third kappa shape index (κ3) is 4.65. The summed E-state index contributed by atoms with van der Waals surface area (Å²) < 4.78 is 5.64. The fraction of sp³-hybridized carbons (Fsp3) is 0.500. The Morgan fingerprint density at radius 2 is 2.14 bits per heavy atom. The normalized spacial score (nSPS) is 18.8. The number of halogens is 3. The molecule has 118 valence electrons. The van der Waals surface area contributed by atoms with E-state index in [-0.39, 0.29) is 24.4 Å². The molecule has 1 fully saturated rings. The second-order valence-electron chi connectivity index (χ2n) is 4.93. The van der Waals surface area contributed by atoms with Gasteiger partial charge in [0.2, 0.25) is 0 Å². The van der Waals surface area contributed by atoms with E-state index in [1.807, 2.05) is 7.05 Å². The van der Waals surface area contributed by atoms with Gasteiger partial charge in [-0.1, -0.05) is 23.2 Å². The second kappa shape index (κ2) is 8.08. The highest BCUT2D eigenvalue weighted by Crippen LogP contribution is 2.27. The van der Waals surface area contributed by atoms with Gasteiger partial charge in [-0.15, -0.1) is 12.4 Å². The van der Waals surface area contributed by atoms with Crippen molar-refractivity contribution in [3.8, 4) is 5.75 Å². The van der Waals surface area contributed by atoms with Crippen molar-refractivity contribution in [1.82, 2.24) is 10.2 Å². The first-order chi connectivity index (χ1) is 9.49. The number of likely N-dealkylation sites (N-methyl/N-ethyl adjacent to an activating group) is 1. The zero-order valence-electron chi connectivity index (χ0n) is 11.9. The van der Waals surface area contributed by atoms with Crippen LogP contribution in [0.3, 0.4) is 0 Å². The van der Waals surface area contributed by atoms with Crippen molar-refractivity contribution >= 4 is 41.5 Å². The molecule has 2 unspecified atom stereocenters. The Hall–Kier alpha value is -0.680. The summed E-state index contributed by atoms with van der Waals surface area (Å²) in [5.41, 5.74) is 0. The second-order valence-corrected chi connectivity index (χ2v) is 5.75. The number of carbonyl (C=O) groups excluding carboxylic acids is 1. The van der Waals surface area contributed by atoms with E-state index in [1.54, 1.807) is 30.0 Å². The van der Waals surface area contributed by atoms with Crippen LogP contribution in [0.15, 0.2) is 18.2 Å². The first-order valence-corrected chi connectivity index (χ1v) is 7.33. The lowest BCUT2D eigenvalue weighted by molar-refractivity contribution is -0.138. The molecule has 0 saturated carbocycles. The Morgan fingerprint density at radius 3 is 2.71 bits per heavy atom. The Balaban J connectivity index is 0.00000220. The lowest BCUT2D eigenvalue weighted by Gasteiger charge is -2.27. The van der Waals surface area contributed by atoms with Gasteiger partial charge in [-0.3, -0.25) is 4.79 Å². The first-order valence-electron chi connectivity index (χ1n) is 6.58. The van der Waals surface area contributed by atoms with Gasteiger partial charge < -0.3 is 15.0 Å². The van der Waals surface area contributed by atoms with Gasteiger partial charge in [-0.05, 0) is 32.0 Å². The van der Waals surface area contributed by atoms with Gasteiger partial charge in [0.15, 0.2) is 6.10 Å². The number of rotatable bonds is 4. The smallest absolute Gasteiger partial charge is 0.263 e. The molecule has 0 radical (unpaired) electrons. The van der Waals surface area contributed by atoms with Crippen LogP contribution in [0.2, 0.25) is 10.0 Å². The third-order valence-corrected chi connectivity index (χ3v) is 4.22. The number of nitrogens with zero attached hydrogens (tertiary/aromatic N) is 1. The van der Waals surface area contributed by atoms with E-state index in [2.05, 4.69) is 5.32 Å². The van der Waals surface area contributed by atoms with Gasteiger partial charge in [0.1, 0.15) is 5.75 Å². The average Bonchev–Trinajstić information content (AvgIpc) is 2.95. The number of nitrogens with one attached hydrogen (secondary N) is 1. The minimum atomic E-state index is -0.558. The highest BCUT2D eigenvalue weighted by molar-refractivity contribution is 6.42. The molecule has 2 rings (SSSR count). The zero-order chi connectivity index (χ0) is 14.7. The largest absolute Gasteiger partial charge is 0.481 e. The molecular formula is C14H19Cl3N2O2. The molecule has 4 nitrogen and oxygen atoms in total. The monoisotopic (exact) mass is 352 g/mol. The summed E-state index contributed by atoms with van der Waals surface area (Å²) in [5.74, 6) is 0.503. The zero-order valence-corrected chi connectivity index (χ0v) is 14.3. The standard InChI is InChI=1S/C14H18Cl2N2O2.ClH/c1-9(14(19)18(2)10-5-6-17-8-10)20-11-3-4-12(15)13(16)7-11;/h3-4,7,9-10,17H,5-6,8H2,1-2H3;1H. The van der Waals surface area contributed by atoms with Gasteiger partial charge in [-0.2, -0.15) is 0 Å². The molecule has 1 amide bonds. The molecule has 0 bridgehead atoms. The Kier molecular flexibility index (Phi) is 7.07. The summed E-state index contributed by atoms with van der Waals surface area (Å²) in [4.78, 5) is 14.1. The summed E-state index contributed by atoms with van der Waals surface area (Å²) in [5, 5.41) is 4.12. The van der Waals surface area contributed by atoms with Crippen molar-refractivity contribution in [2.45, 2.75) is 25.5 Å². The van der Waals surface area contributed by atoms with E-state index in [0.717, 1.165) is 19.5 Å². The van der Waals surface area contributed by atoms with E-state index in [9.17, 15) is 4.79 Å². The van der Waals surface area contributed by atoms with Gasteiger partial charge in [0, 0.05) is 25.7 Å². The van der Waals surface area contributed by atoms with Crippen LogP contribution in [-0.4, -0.2) is 43.1 Å². The van der Waals surface area contributed by atoms with Crippen LogP contribution in [-0.2, 0) is 4.79 Å². The molecular weight excluding hydrogens is 335 g/mol. The Bertz CT molecular complexity index is 493. The molecule has 1 aromatic carbocycles. The minimum absolute atomic E-state index is 0. The summed E-state index contributed by atoms with van der Waals surface area (Å²) in [7, 11) is 1.81. The predicted molar refractivity (Wildman–Crippen MR) is 87.8 cm³/mol. The maximum absolute atomic E-state index is 12.3. The van der Waals surface area contributed by atoms with Gasteiger partial charge in [0.25, 0.3) is 5.91 Å². The van der Waals surface area contributed by atoms with Crippen LogP contribution in [0.4, 0.5) is 0 Å². The van der Waals surface area contributed by atoms with Crippen molar-refractivity contribution in [1.29, 1.82) is 0 Å². The lowest BCUT2D eigenvalue weighted by atomic mass is 10.2. The molecule has 1 heterocycles. The highest BCUT2D eigenvalue weighted by atomic mass is 35.5. The van der Waals surface area contributed by atoms with Crippen LogP contribution < -0.4 is 10.1 Å². The molecule has 1 aliphatic heterocycles. The molecule has 7 heteroatoms. The summed E-state index contributed by atoms with van der Waals surface area (Å²) in [6.45, 7) is 3.52. The first kappa shape index (κ1) is 18.4. The van der Waals surface area contributed by atoms with Crippen molar-refractivity contribution < 1.29 is 9.53 Å². The Morgan fingerprint density at radius 1 is 1.43 bits per heavy atom. The molecule has 1 aliphatic rings. The van der Waals surface area contributed by atoms with Crippen LogP contribution in [0, 0.1) is 0 Å². The highest BCUT2D eigenvalue weighted by Gasteiger charge is 2.27. The topological polar surface area (TPSA) is 41.6 Å². The maximum Gasteiger partial charge on any atom is 0.263 e. The van der Waals surface area contributed by atoms with Crippen LogP contribution in [0.1, 0.15) is 13.3 Å². The number of hydrogen-bond acceptors (Lipinski definition) is 3. The number of amides is 1. The molecule has 21 heavy (non-hydrogen) atoms. The summed E-state index contributed by atoms with van der Waals surface area (Å²) in [6, 6.07) is 5.21. The third-order valence-electron chi connectivity index (χ3n) is 3.48. The number of benzene rings is 1. The lowest BCUT2D eigenvalue weighted by Crippen LogP contribution is -2.44. The fourth-order valence-electron chi connectivity index (χ4n) is 2.24. The van der Waals surface area contributed by atoms with E-state index in [0.29, 0.717) is 15.8 Å². The van der Waals surface area contributed by atoms with Gasteiger partial charge >= 0.3 is 0 Å². The quantitative estimate of drug-likeness (QED) is 0.905. The molecule has 2 atom stereocenters.